The number of allylic oxidation sites excluding steroid dienone is 2. The fraction of sp³-hybridized carbons (Fsp3) is 0.316. The van der Waals surface area contributed by atoms with E-state index in [2.05, 4.69) is 11.7 Å². The van der Waals surface area contributed by atoms with Crippen molar-refractivity contribution >= 4 is 35.3 Å². The van der Waals surface area contributed by atoms with Crippen LogP contribution in [0.5, 0.6) is 5.75 Å². The van der Waals surface area contributed by atoms with Gasteiger partial charge in [0.2, 0.25) is 5.75 Å². The van der Waals surface area contributed by atoms with E-state index < -0.39 is 4.92 Å². The number of ether oxygens (including phenoxy) is 1. The van der Waals surface area contributed by atoms with Crippen molar-refractivity contribution in [1.82, 2.24) is 5.01 Å². The number of imide groups is 1. The number of hydrogen-bond acceptors (Lipinski definition) is 6. The lowest BCUT2D eigenvalue weighted by atomic mass is 9.85. The number of carbonyl (C=O) groups is 2. The number of halogens is 1. The molecular formula is C19H16ClN3O5. The first-order valence-corrected chi connectivity index (χ1v) is 9.12. The Hall–Kier alpha value is -3.00. The Morgan fingerprint density at radius 3 is 2.50 bits per heavy atom. The van der Waals surface area contributed by atoms with Crippen LogP contribution in [-0.2, 0) is 9.59 Å². The number of nitrogens with zero attached hydrogens (tertiary/aromatic N) is 3. The van der Waals surface area contributed by atoms with Gasteiger partial charge in [-0.2, -0.15) is 10.1 Å². The van der Waals surface area contributed by atoms with Gasteiger partial charge in [-0.15, -0.1) is 0 Å². The summed E-state index contributed by atoms with van der Waals surface area (Å²) < 4.78 is 5.41. The number of rotatable bonds is 6. The van der Waals surface area contributed by atoms with E-state index in [1.54, 1.807) is 0 Å². The first-order chi connectivity index (χ1) is 13.4. The first-order valence-electron chi connectivity index (χ1n) is 8.74. The summed E-state index contributed by atoms with van der Waals surface area (Å²) in [5, 5.41) is 16.4. The SMILES string of the molecule is C=CCOc1c(C=NN2C(=O)C3C4C=CC(C4)C3C2=O)cc(Cl)cc1[N+](=O)[O-]. The van der Waals surface area contributed by atoms with Gasteiger partial charge in [-0.25, -0.2) is 0 Å². The summed E-state index contributed by atoms with van der Waals surface area (Å²) in [5.41, 5.74) is -0.145. The van der Waals surface area contributed by atoms with Crippen LogP contribution in [0.15, 0.2) is 42.0 Å². The molecule has 2 bridgehead atoms. The Bertz CT molecular complexity index is 927. The molecule has 1 aromatic carbocycles. The minimum absolute atomic E-state index is 0.0318. The third-order valence-corrected chi connectivity index (χ3v) is 5.58. The van der Waals surface area contributed by atoms with Crippen molar-refractivity contribution in [1.29, 1.82) is 0 Å². The highest BCUT2D eigenvalue weighted by Gasteiger charge is 2.59. The van der Waals surface area contributed by atoms with Crippen LogP contribution in [0.3, 0.4) is 0 Å². The first kappa shape index (κ1) is 18.4. The van der Waals surface area contributed by atoms with Crippen molar-refractivity contribution in [3.63, 3.8) is 0 Å². The molecule has 28 heavy (non-hydrogen) atoms. The molecule has 2 fully saturated rings. The predicted octanol–water partition coefficient (Wildman–Crippen LogP) is 2.95. The van der Waals surface area contributed by atoms with Crippen molar-refractivity contribution in [3.8, 4) is 5.75 Å². The second-order valence-corrected chi connectivity index (χ2v) is 7.37. The molecule has 1 saturated heterocycles. The molecule has 0 N–H and O–H groups in total. The lowest BCUT2D eigenvalue weighted by Gasteiger charge is -2.13. The molecule has 1 aliphatic heterocycles. The highest BCUT2D eigenvalue weighted by atomic mass is 35.5. The smallest absolute Gasteiger partial charge is 0.313 e. The van der Waals surface area contributed by atoms with Crippen LogP contribution in [0.2, 0.25) is 5.02 Å². The molecule has 4 unspecified atom stereocenters. The minimum Gasteiger partial charge on any atom is -0.482 e. The second kappa shape index (κ2) is 6.87. The summed E-state index contributed by atoms with van der Waals surface area (Å²) in [4.78, 5) is 36.1. The van der Waals surface area contributed by atoms with E-state index in [9.17, 15) is 19.7 Å². The molecular weight excluding hydrogens is 386 g/mol. The van der Waals surface area contributed by atoms with Gasteiger partial charge >= 0.3 is 5.69 Å². The van der Waals surface area contributed by atoms with Crippen molar-refractivity contribution < 1.29 is 19.2 Å². The Kier molecular flexibility index (Phi) is 4.50. The standard InChI is InChI=1S/C19H16ClN3O5/c1-2-5-28-17-12(7-13(20)8-14(17)23(26)27)9-21-22-18(24)15-10-3-4-11(6-10)16(15)19(22)25/h2-4,7-11,15-16H,1,5-6H2. The second-order valence-electron chi connectivity index (χ2n) is 6.93. The highest BCUT2D eigenvalue weighted by molar-refractivity contribution is 6.31. The third-order valence-electron chi connectivity index (χ3n) is 5.36. The van der Waals surface area contributed by atoms with Crippen molar-refractivity contribution in [2.24, 2.45) is 28.8 Å². The summed E-state index contributed by atoms with van der Waals surface area (Å²) in [6.45, 7) is 3.55. The van der Waals surface area contributed by atoms with Crippen LogP contribution in [-0.4, -0.2) is 34.6 Å². The summed E-state index contributed by atoms with van der Waals surface area (Å²) in [6, 6.07) is 2.59. The van der Waals surface area contributed by atoms with Gasteiger partial charge in [0.05, 0.1) is 23.0 Å². The number of fused-ring (bicyclic) bond motifs is 5. The minimum atomic E-state index is -0.623. The Balaban J connectivity index is 1.66. The van der Waals surface area contributed by atoms with Gasteiger partial charge in [-0.3, -0.25) is 19.7 Å². The number of nitro benzene ring substituents is 1. The number of carbonyl (C=O) groups excluding carboxylic acids is 2. The summed E-state index contributed by atoms with van der Waals surface area (Å²) >= 11 is 5.98. The van der Waals surface area contributed by atoms with E-state index in [1.165, 1.54) is 18.4 Å². The normalized spacial score (nSPS) is 27.7. The fourth-order valence-electron chi connectivity index (χ4n) is 4.25. The molecule has 0 spiro atoms. The molecule has 2 aliphatic carbocycles. The van der Waals surface area contributed by atoms with E-state index in [-0.39, 0.29) is 64.1 Å². The quantitative estimate of drug-likeness (QED) is 0.240. The zero-order valence-corrected chi connectivity index (χ0v) is 15.4. The van der Waals surface area contributed by atoms with Crippen LogP contribution >= 0.6 is 11.6 Å². The molecule has 144 valence electrons. The van der Waals surface area contributed by atoms with Crippen molar-refractivity contribution in [2.75, 3.05) is 6.61 Å². The molecule has 9 heteroatoms. The molecule has 3 aliphatic rings. The van der Waals surface area contributed by atoms with Crippen molar-refractivity contribution in [2.45, 2.75) is 6.42 Å². The molecule has 8 nitrogen and oxygen atoms in total. The lowest BCUT2D eigenvalue weighted by Crippen LogP contribution is -2.28. The average Bonchev–Trinajstić information content (AvgIpc) is 3.33. The molecule has 2 amide bonds. The summed E-state index contributed by atoms with van der Waals surface area (Å²) in [6.07, 6.45) is 7.45. The average molecular weight is 402 g/mol. The van der Waals surface area contributed by atoms with Crippen LogP contribution in [0.25, 0.3) is 0 Å². The van der Waals surface area contributed by atoms with E-state index >= 15 is 0 Å². The predicted molar refractivity (Wildman–Crippen MR) is 101 cm³/mol. The zero-order chi connectivity index (χ0) is 20.0. The van der Waals surface area contributed by atoms with Gasteiger partial charge in [-0.05, 0) is 24.3 Å². The van der Waals surface area contributed by atoms with E-state index in [0.29, 0.717) is 0 Å². The molecule has 0 radical (unpaired) electrons. The Labute approximate surface area is 165 Å². The van der Waals surface area contributed by atoms with Crippen LogP contribution in [0, 0.1) is 33.8 Å². The van der Waals surface area contributed by atoms with Gasteiger partial charge < -0.3 is 4.74 Å². The zero-order valence-electron chi connectivity index (χ0n) is 14.7. The van der Waals surface area contributed by atoms with Crippen LogP contribution in [0.1, 0.15) is 12.0 Å². The fourth-order valence-corrected chi connectivity index (χ4v) is 4.47. The highest BCUT2D eigenvalue weighted by Crippen LogP contribution is 2.52. The molecule has 4 atom stereocenters. The van der Waals surface area contributed by atoms with E-state index in [4.69, 9.17) is 16.3 Å². The Morgan fingerprint density at radius 1 is 1.29 bits per heavy atom. The monoisotopic (exact) mass is 401 g/mol. The number of hydrazone groups is 1. The van der Waals surface area contributed by atoms with E-state index in [0.717, 1.165) is 17.5 Å². The molecule has 1 aromatic rings. The number of benzene rings is 1. The molecule has 4 rings (SSSR count). The maximum Gasteiger partial charge on any atom is 0.313 e. The van der Waals surface area contributed by atoms with E-state index in [1.807, 2.05) is 12.2 Å². The number of amides is 2. The lowest BCUT2D eigenvalue weighted by molar-refractivity contribution is -0.385. The van der Waals surface area contributed by atoms with Gasteiger partial charge in [-0.1, -0.05) is 36.4 Å². The molecule has 1 heterocycles. The topological polar surface area (TPSA) is 102 Å². The van der Waals surface area contributed by atoms with Gasteiger partial charge in [0.25, 0.3) is 11.8 Å². The Morgan fingerprint density at radius 2 is 1.93 bits per heavy atom. The van der Waals surface area contributed by atoms with Crippen LogP contribution in [0.4, 0.5) is 5.69 Å². The maximum atomic E-state index is 12.7. The van der Waals surface area contributed by atoms with Crippen molar-refractivity contribution in [3.05, 3.63) is 57.6 Å². The molecule has 1 saturated carbocycles. The van der Waals surface area contributed by atoms with Gasteiger partial charge in [0, 0.05) is 16.7 Å². The molecule has 0 aromatic heterocycles. The van der Waals surface area contributed by atoms with Crippen LogP contribution < -0.4 is 4.74 Å². The van der Waals surface area contributed by atoms with Gasteiger partial charge in [0.15, 0.2) is 0 Å². The van der Waals surface area contributed by atoms with Gasteiger partial charge in [0.1, 0.15) is 6.61 Å². The number of nitro groups is 1. The summed E-state index contributed by atoms with van der Waals surface area (Å²) in [7, 11) is 0. The third kappa shape index (κ3) is 2.80. The maximum absolute atomic E-state index is 12.7. The summed E-state index contributed by atoms with van der Waals surface area (Å²) in [5.74, 6) is -1.33. The largest absolute Gasteiger partial charge is 0.482 e. The number of hydrogen-bond donors (Lipinski definition) is 0.